The molecule has 0 spiro atoms. The summed E-state index contributed by atoms with van der Waals surface area (Å²) in [5, 5.41) is 10.3. The maximum atomic E-state index is 11.8. The van der Waals surface area contributed by atoms with Gasteiger partial charge in [0.05, 0.1) is 12.4 Å². The molecule has 2 fully saturated rings. The molecule has 2 rings (SSSR count). The fourth-order valence-electron chi connectivity index (χ4n) is 3.86. The number of piperazine rings is 1. The molecule has 0 aromatic rings. The number of aliphatic hydroxyl groups excluding tert-OH is 1. The Morgan fingerprint density at radius 2 is 1.76 bits per heavy atom. The van der Waals surface area contributed by atoms with Gasteiger partial charge < -0.3 is 5.11 Å². The van der Waals surface area contributed by atoms with Crippen molar-refractivity contribution < 1.29 is 13.5 Å². The van der Waals surface area contributed by atoms with E-state index < -0.39 is 10.0 Å². The monoisotopic (exact) mass is 318 g/mol. The topological polar surface area (TPSA) is 60.9 Å². The molecule has 0 unspecified atom stereocenters. The van der Waals surface area contributed by atoms with E-state index in [2.05, 4.69) is 4.90 Å². The lowest BCUT2D eigenvalue weighted by atomic mass is 9.99. The summed E-state index contributed by atoms with van der Waals surface area (Å²) in [5.74, 6) is 0.685. The van der Waals surface area contributed by atoms with Gasteiger partial charge >= 0.3 is 0 Å². The molecular formula is C15H30N2O3S. The van der Waals surface area contributed by atoms with Crippen LogP contribution in [-0.4, -0.2) is 66.8 Å². The Labute approximate surface area is 129 Å². The number of rotatable bonds is 5. The van der Waals surface area contributed by atoms with E-state index in [1.165, 1.54) is 31.9 Å². The van der Waals surface area contributed by atoms with E-state index >= 15 is 0 Å². The Hall–Kier alpha value is -0.170. The van der Waals surface area contributed by atoms with Gasteiger partial charge in [0.25, 0.3) is 0 Å². The maximum Gasteiger partial charge on any atom is 0.211 e. The van der Waals surface area contributed by atoms with E-state index in [9.17, 15) is 13.5 Å². The van der Waals surface area contributed by atoms with Crippen molar-refractivity contribution in [3.8, 4) is 0 Å². The highest BCUT2D eigenvalue weighted by Gasteiger charge is 2.34. The van der Waals surface area contributed by atoms with E-state index in [0.29, 0.717) is 25.6 Å². The summed E-state index contributed by atoms with van der Waals surface area (Å²) in [6.07, 6.45) is 7.01. The molecule has 1 N–H and O–H groups in total. The molecule has 1 saturated carbocycles. The van der Waals surface area contributed by atoms with Crippen LogP contribution in [0.15, 0.2) is 0 Å². The lowest BCUT2D eigenvalue weighted by molar-refractivity contribution is 0.0339. The van der Waals surface area contributed by atoms with Crippen LogP contribution in [0.1, 0.15) is 46.0 Å². The molecule has 21 heavy (non-hydrogen) atoms. The summed E-state index contributed by atoms with van der Waals surface area (Å²) >= 11 is 0. The minimum Gasteiger partial charge on any atom is -0.392 e. The summed E-state index contributed by atoms with van der Waals surface area (Å²) in [7, 11) is -3.13. The largest absolute Gasteiger partial charge is 0.392 e. The Balaban J connectivity index is 1.86. The van der Waals surface area contributed by atoms with Crippen LogP contribution >= 0.6 is 0 Å². The zero-order valence-electron chi connectivity index (χ0n) is 13.5. The molecule has 1 heterocycles. The molecule has 6 heteroatoms. The third kappa shape index (κ3) is 4.65. The van der Waals surface area contributed by atoms with Gasteiger partial charge in [-0.1, -0.05) is 25.7 Å². The number of β-amino-alcohol motifs (C(OH)–C–C–N with tert-alkyl or cyclic N) is 1. The minimum atomic E-state index is -3.13. The van der Waals surface area contributed by atoms with E-state index in [1.807, 2.05) is 13.8 Å². The van der Waals surface area contributed by atoms with E-state index in [0.717, 1.165) is 6.42 Å². The van der Waals surface area contributed by atoms with Crippen molar-refractivity contribution in [2.45, 2.75) is 64.1 Å². The number of hydrogen-bond acceptors (Lipinski definition) is 4. The molecule has 0 bridgehead atoms. The third-order valence-corrected chi connectivity index (χ3v) is 6.37. The predicted molar refractivity (Wildman–Crippen MR) is 84.6 cm³/mol. The van der Waals surface area contributed by atoms with Gasteiger partial charge in [-0.25, -0.2) is 8.42 Å². The zero-order chi connectivity index (χ0) is 15.6. The van der Waals surface area contributed by atoms with Gasteiger partial charge in [0.1, 0.15) is 0 Å². The highest BCUT2D eigenvalue weighted by Crippen LogP contribution is 2.29. The lowest BCUT2D eigenvalue weighted by Gasteiger charge is -2.43. The van der Waals surface area contributed by atoms with Gasteiger partial charge in [-0.15, -0.1) is 0 Å². The van der Waals surface area contributed by atoms with Crippen LogP contribution in [0.5, 0.6) is 0 Å². The molecule has 0 aromatic carbocycles. The fraction of sp³-hybridized carbons (Fsp3) is 1.00. The minimum absolute atomic E-state index is 0.0186. The second-order valence-corrected chi connectivity index (χ2v) is 8.96. The molecule has 1 saturated heterocycles. The van der Waals surface area contributed by atoms with E-state index in [4.69, 9.17) is 0 Å². The van der Waals surface area contributed by atoms with Gasteiger partial charge in [-0.2, -0.15) is 4.31 Å². The molecule has 1 aliphatic carbocycles. The summed E-state index contributed by atoms with van der Waals surface area (Å²) in [5.41, 5.74) is 0. The number of nitrogens with zero attached hydrogens (tertiary/aromatic N) is 2. The summed E-state index contributed by atoms with van der Waals surface area (Å²) < 4.78 is 25.1. The van der Waals surface area contributed by atoms with Gasteiger partial charge in [-0.05, 0) is 26.2 Å². The van der Waals surface area contributed by atoms with Gasteiger partial charge in [-0.3, -0.25) is 4.90 Å². The third-order valence-electron chi connectivity index (χ3n) is 5.01. The maximum absolute atomic E-state index is 11.8. The average Bonchev–Trinajstić information content (AvgIpc) is 2.84. The van der Waals surface area contributed by atoms with Crippen LogP contribution in [0.4, 0.5) is 0 Å². The first kappa shape index (κ1) is 17.2. The fourth-order valence-corrected chi connectivity index (χ4v) is 5.07. The van der Waals surface area contributed by atoms with Crippen molar-refractivity contribution in [3.63, 3.8) is 0 Å². The smallest absolute Gasteiger partial charge is 0.211 e. The molecule has 0 radical (unpaired) electrons. The Kier molecular flexibility index (Phi) is 5.68. The zero-order valence-corrected chi connectivity index (χ0v) is 14.3. The second-order valence-electron chi connectivity index (χ2n) is 7.02. The SMILES string of the molecule is C[C@@H]1CN(S(C)(=O)=O)[C@@H](C)CN1C[C@H](O)CC1CCCC1. The van der Waals surface area contributed by atoms with Crippen LogP contribution in [0.25, 0.3) is 0 Å². The first-order chi connectivity index (χ1) is 9.77. The average molecular weight is 318 g/mol. The summed E-state index contributed by atoms with van der Waals surface area (Å²) in [6.45, 7) is 5.89. The Bertz CT molecular complexity index is 434. The number of aliphatic hydroxyl groups is 1. The van der Waals surface area contributed by atoms with Crippen molar-refractivity contribution in [2.24, 2.45) is 5.92 Å². The van der Waals surface area contributed by atoms with Crippen molar-refractivity contribution >= 4 is 10.0 Å². The Morgan fingerprint density at radius 1 is 1.14 bits per heavy atom. The van der Waals surface area contributed by atoms with Crippen LogP contribution < -0.4 is 0 Å². The number of hydrogen-bond donors (Lipinski definition) is 1. The molecule has 1 aliphatic heterocycles. The van der Waals surface area contributed by atoms with Crippen LogP contribution in [-0.2, 0) is 10.0 Å². The molecule has 5 nitrogen and oxygen atoms in total. The van der Waals surface area contributed by atoms with Gasteiger partial charge in [0, 0.05) is 31.7 Å². The standard InChI is InChI=1S/C15H30N2O3S/c1-12-10-17(21(3,19)20)13(2)9-16(12)11-15(18)8-14-6-4-5-7-14/h12-15,18H,4-11H2,1-3H3/t12-,13+,15-/m1/s1. The molecule has 2 aliphatic rings. The normalized spacial score (nSPS) is 31.6. The highest BCUT2D eigenvalue weighted by atomic mass is 32.2. The van der Waals surface area contributed by atoms with E-state index in [-0.39, 0.29) is 18.2 Å². The second kappa shape index (κ2) is 6.94. The van der Waals surface area contributed by atoms with Crippen molar-refractivity contribution in [2.75, 3.05) is 25.9 Å². The van der Waals surface area contributed by atoms with E-state index in [1.54, 1.807) is 4.31 Å². The lowest BCUT2D eigenvalue weighted by Crippen LogP contribution is -2.58. The quantitative estimate of drug-likeness (QED) is 0.829. The van der Waals surface area contributed by atoms with Crippen LogP contribution in [0.3, 0.4) is 0 Å². The van der Waals surface area contributed by atoms with Gasteiger partial charge in [0.15, 0.2) is 0 Å². The summed E-state index contributed by atoms with van der Waals surface area (Å²) in [4.78, 5) is 2.24. The van der Waals surface area contributed by atoms with Crippen molar-refractivity contribution in [1.29, 1.82) is 0 Å². The first-order valence-electron chi connectivity index (χ1n) is 8.16. The summed E-state index contributed by atoms with van der Waals surface area (Å²) in [6, 6.07) is 0.143. The Morgan fingerprint density at radius 3 is 2.33 bits per heavy atom. The highest BCUT2D eigenvalue weighted by molar-refractivity contribution is 7.88. The number of sulfonamides is 1. The van der Waals surface area contributed by atoms with Crippen LogP contribution in [0.2, 0.25) is 0 Å². The van der Waals surface area contributed by atoms with Crippen LogP contribution in [0, 0.1) is 5.92 Å². The first-order valence-corrected chi connectivity index (χ1v) is 10.0. The molecule has 3 atom stereocenters. The predicted octanol–water partition coefficient (Wildman–Crippen LogP) is 1.28. The molecule has 124 valence electrons. The van der Waals surface area contributed by atoms with Crippen molar-refractivity contribution in [3.05, 3.63) is 0 Å². The van der Waals surface area contributed by atoms with Crippen molar-refractivity contribution in [1.82, 2.24) is 9.21 Å². The molecule has 0 aromatic heterocycles. The molecule has 0 amide bonds. The van der Waals surface area contributed by atoms with Gasteiger partial charge in [0.2, 0.25) is 10.0 Å². The molecular weight excluding hydrogens is 288 g/mol.